The summed E-state index contributed by atoms with van der Waals surface area (Å²) < 4.78 is 1.24. The van der Waals surface area contributed by atoms with Gasteiger partial charge in [0, 0.05) is 19.1 Å². The number of piperazine rings is 1. The molecule has 23 heavy (non-hydrogen) atoms. The average Bonchev–Trinajstić information content (AvgIpc) is 2.59. The number of hydrogen-bond acceptors (Lipinski definition) is 1. The second-order valence-electron chi connectivity index (χ2n) is 8.31. The summed E-state index contributed by atoms with van der Waals surface area (Å²) in [4.78, 5) is 2.81. The summed E-state index contributed by atoms with van der Waals surface area (Å²) in [6.45, 7) is 9.87. The van der Waals surface area contributed by atoms with E-state index < -0.39 is 0 Å². The van der Waals surface area contributed by atoms with Crippen LogP contribution in [0.5, 0.6) is 0 Å². The van der Waals surface area contributed by atoms with E-state index in [2.05, 4.69) is 56.1 Å². The lowest BCUT2D eigenvalue weighted by atomic mass is 9.80. The lowest BCUT2D eigenvalue weighted by molar-refractivity contribution is -0.933. The summed E-state index contributed by atoms with van der Waals surface area (Å²) in [5.74, 6) is 0.863. The van der Waals surface area contributed by atoms with E-state index in [-0.39, 0.29) is 0 Å². The Balaban J connectivity index is 1.77. The molecule has 0 bridgehead atoms. The van der Waals surface area contributed by atoms with Crippen molar-refractivity contribution in [1.29, 1.82) is 0 Å². The monoisotopic (exact) mass is 315 g/mol. The largest absolute Gasteiger partial charge is 0.322 e. The quantitative estimate of drug-likeness (QED) is 0.741. The third kappa shape index (κ3) is 3.80. The van der Waals surface area contributed by atoms with Gasteiger partial charge in [-0.1, -0.05) is 49.6 Å². The fourth-order valence-corrected chi connectivity index (χ4v) is 4.61. The van der Waals surface area contributed by atoms with E-state index in [9.17, 15) is 0 Å². The van der Waals surface area contributed by atoms with Crippen molar-refractivity contribution in [2.45, 2.75) is 58.0 Å². The first-order chi connectivity index (χ1) is 11.1. The first-order valence-electron chi connectivity index (χ1n) is 9.73. The molecule has 1 heterocycles. The van der Waals surface area contributed by atoms with Crippen molar-refractivity contribution >= 4 is 0 Å². The van der Waals surface area contributed by atoms with Crippen LogP contribution in [0.25, 0.3) is 0 Å². The summed E-state index contributed by atoms with van der Waals surface area (Å²) in [5.41, 5.74) is 1.56. The summed E-state index contributed by atoms with van der Waals surface area (Å²) >= 11 is 0. The highest BCUT2D eigenvalue weighted by Crippen LogP contribution is 2.39. The standard InChI is InChI=1S/C21H35N2/c1-18(2)23(3)16-14-22(15-17-23)21(19-10-6-4-7-11-19)20-12-8-5-9-13-20/h4,6-7,10-11,18,20-21H,5,8-9,12-17H2,1-3H3/q+1. The maximum Gasteiger partial charge on any atom is 0.0916 e. The summed E-state index contributed by atoms with van der Waals surface area (Å²) in [6, 6.07) is 12.7. The predicted octanol–water partition coefficient (Wildman–Crippen LogP) is 4.48. The molecule has 1 aliphatic heterocycles. The molecular weight excluding hydrogens is 280 g/mol. The number of rotatable bonds is 4. The first kappa shape index (κ1) is 17.0. The minimum atomic E-state index is 0.650. The summed E-state index contributed by atoms with van der Waals surface area (Å²) in [7, 11) is 2.44. The number of nitrogens with zero attached hydrogens (tertiary/aromatic N) is 2. The summed E-state index contributed by atoms with van der Waals surface area (Å²) in [6.07, 6.45) is 7.16. The molecule has 2 nitrogen and oxygen atoms in total. The Morgan fingerprint density at radius 1 is 0.957 bits per heavy atom. The van der Waals surface area contributed by atoms with Gasteiger partial charge in [0.2, 0.25) is 0 Å². The van der Waals surface area contributed by atoms with Gasteiger partial charge in [0.25, 0.3) is 0 Å². The first-order valence-corrected chi connectivity index (χ1v) is 9.73. The van der Waals surface area contributed by atoms with Crippen LogP contribution in [0.1, 0.15) is 57.6 Å². The molecule has 128 valence electrons. The van der Waals surface area contributed by atoms with Crippen molar-refractivity contribution in [3.05, 3.63) is 35.9 Å². The molecule has 1 saturated heterocycles. The van der Waals surface area contributed by atoms with Gasteiger partial charge in [-0.3, -0.25) is 4.90 Å². The molecule has 1 unspecified atom stereocenters. The third-order valence-corrected chi connectivity index (χ3v) is 6.67. The Kier molecular flexibility index (Phi) is 5.43. The molecule has 1 atom stereocenters. The van der Waals surface area contributed by atoms with Crippen molar-refractivity contribution in [1.82, 2.24) is 4.90 Å². The van der Waals surface area contributed by atoms with Gasteiger partial charge in [0.1, 0.15) is 0 Å². The van der Waals surface area contributed by atoms with E-state index in [0.29, 0.717) is 6.04 Å². The van der Waals surface area contributed by atoms with Crippen LogP contribution in [-0.4, -0.2) is 48.7 Å². The van der Waals surface area contributed by atoms with E-state index >= 15 is 0 Å². The lowest BCUT2D eigenvalue weighted by Gasteiger charge is -2.48. The van der Waals surface area contributed by atoms with Crippen LogP contribution >= 0.6 is 0 Å². The zero-order valence-electron chi connectivity index (χ0n) is 15.4. The zero-order valence-corrected chi connectivity index (χ0v) is 15.4. The van der Waals surface area contributed by atoms with Crippen molar-refractivity contribution in [2.24, 2.45) is 5.92 Å². The van der Waals surface area contributed by atoms with Crippen LogP contribution in [0.3, 0.4) is 0 Å². The Morgan fingerprint density at radius 2 is 1.57 bits per heavy atom. The number of likely N-dealkylation sites (N-methyl/N-ethyl adjacent to an activating group) is 1. The Morgan fingerprint density at radius 3 is 2.13 bits per heavy atom. The van der Waals surface area contributed by atoms with Crippen molar-refractivity contribution in [3.8, 4) is 0 Å². The third-order valence-electron chi connectivity index (χ3n) is 6.67. The molecule has 0 N–H and O–H groups in total. The molecule has 1 saturated carbocycles. The van der Waals surface area contributed by atoms with Gasteiger partial charge in [0.15, 0.2) is 0 Å². The van der Waals surface area contributed by atoms with Crippen molar-refractivity contribution < 1.29 is 4.48 Å². The van der Waals surface area contributed by atoms with Crippen molar-refractivity contribution in [2.75, 3.05) is 33.2 Å². The van der Waals surface area contributed by atoms with E-state index in [4.69, 9.17) is 0 Å². The topological polar surface area (TPSA) is 3.24 Å². The van der Waals surface area contributed by atoms with Crippen molar-refractivity contribution in [3.63, 3.8) is 0 Å². The van der Waals surface area contributed by atoms with Crippen LogP contribution < -0.4 is 0 Å². The minimum absolute atomic E-state index is 0.650. The highest BCUT2D eigenvalue weighted by Gasteiger charge is 2.37. The van der Waals surface area contributed by atoms with E-state index in [1.165, 1.54) is 62.8 Å². The van der Waals surface area contributed by atoms with E-state index in [1.54, 1.807) is 5.56 Å². The molecule has 1 aliphatic carbocycles. The summed E-state index contributed by atoms with van der Waals surface area (Å²) in [5, 5.41) is 0. The SMILES string of the molecule is CC(C)[N+]1(C)CCN(C(c2ccccc2)C2CCCCC2)CC1. The molecule has 1 aromatic rings. The Bertz CT molecular complexity index is 468. The van der Waals surface area contributed by atoms with Gasteiger partial charge >= 0.3 is 0 Å². The number of hydrogen-bond donors (Lipinski definition) is 0. The molecule has 0 amide bonds. The minimum Gasteiger partial charge on any atom is -0.322 e. The van der Waals surface area contributed by atoms with E-state index in [1.807, 2.05) is 0 Å². The maximum absolute atomic E-state index is 2.81. The Hall–Kier alpha value is -0.860. The maximum atomic E-state index is 2.81. The van der Waals surface area contributed by atoms with Crippen LogP contribution in [0.15, 0.2) is 30.3 Å². The van der Waals surface area contributed by atoms with Crippen LogP contribution in [0.4, 0.5) is 0 Å². The van der Waals surface area contributed by atoms with E-state index in [0.717, 1.165) is 12.0 Å². The van der Waals surface area contributed by atoms with Gasteiger partial charge < -0.3 is 4.48 Å². The van der Waals surface area contributed by atoms with Gasteiger partial charge in [0.05, 0.1) is 26.2 Å². The highest BCUT2D eigenvalue weighted by atomic mass is 15.4. The molecule has 0 spiro atoms. The molecule has 2 aliphatic rings. The molecule has 1 aromatic carbocycles. The van der Waals surface area contributed by atoms with Crippen LogP contribution in [0, 0.1) is 5.92 Å². The van der Waals surface area contributed by atoms with Crippen LogP contribution in [0.2, 0.25) is 0 Å². The molecule has 2 fully saturated rings. The van der Waals surface area contributed by atoms with Crippen LogP contribution in [-0.2, 0) is 0 Å². The molecule has 2 heteroatoms. The van der Waals surface area contributed by atoms with Gasteiger partial charge in [-0.05, 0) is 38.2 Å². The lowest BCUT2D eigenvalue weighted by Crippen LogP contribution is -2.61. The highest BCUT2D eigenvalue weighted by molar-refractivity contribution is 5.20. The number of benzene rings is 1. The predicted molar refractivity (Wildman–Crippen MR) is 98.4 cm³/mol. The smallest absolute Gasteiger partial charge is 0.0916 e. The van der Waals surface area contributed by atoms with Gasteiger partial charge in [-0.25, -0.2) is 0 Å². The zero-order chi connectivity index (χ0) is 16.3. The fourth-order valence-electron chi connectivity index (χ4n) is 4.61. The molecule has 0 radical (unpaired) electrons. The molecule has 0 aromatic heterocycles. The van der Waals surface area contributed by atoms with Gasteiger partial charge in [-0.15, -0.1) is 0 Å². The normalized spacial score (nSPS) is 24.7. The second-order valence-corrected chi connectivity index (χ2v) is 8.31. The fraction of sp³-hybridized carbons (Fsp3) is 0.714. The average molecular weight is 316 g/mol. The second kappa shape index (κ2) is 7.36. The Labute approximate surface area is 143 Å². The molecule has 3 rings (SSSR count). The van der Waals surface area contributed by atoms with Gasteiger partial charge in [-0.2, -0.15) is 0 Å². The molecular formula is C21H35N2+. The number of quaternary nitrogens is 1.